The highest BCUT2D eigenvalue weighted by Gasteiger charge is 2.26. The van der Waals surface area contributed by atoms with Gasteiger partial charge in [0.15, 0.2) is 0 Å². The Labute approximate surface area is 124 Å². The Morgan fingerprint density at radius 2 is 2.10 bits per heavy atom. The van der Waals surface area contributed by atoms with Crippen molar-refractivity contribution in [2.75, 3.05) is 17.7 Å². The lowest BCUT2D eigenvalue weighted by Crippen LogP contribution is -2.32. The van der Waals surface area contributed by atoms with Gasteiger partial charge < -0.3 is 15.4 Å². The first kappa shape index (κ1) is 13.5. The van der Waals surface area contributed by atoms with Gasteiger partial charge >= 0.3 is 0 Å². The van der Waals surface area contributed by atoms with Gasteiger partial charge in [0.25, 0.3) is 0 Å². The average molecular weight is 282 g/mol. The summed E-state index contributed by atoms with van der Waals surface area (Å²) in [6, 6.07) is 13.5. The maximum atomic E-state index is 12.4. The third kappa shape index (κ3) is 2.70. The van der Waals surface area contributed by atoms with Crippen molar-refractivity contribution in [3.05, 3.63) is 53.6 Å². The first-order valence-corrected chi connectivity index (χ1v) is 6.97. The summed E-state index contributed by atoms with van der Waals surface area (Å²) in [5, 5.41) is 6.21. The van der Waals surface area contributed by atoms with Gasteiger partial charge in [0, 0.05) is 12.1 Å². The van der Waals surface area contributed by atoms with E-state index in [0.29, 0.717) is 17.9 Å². The smallest absolute Gasteiger partial charge is 0.247 e. The highest BCUT2D eigenvalue weighted by atomic mass is 16.5. The van der Waals surface area contributed by atoms with Crippen LogP contribution in [0.4, 0.5) is 11.4 Å². The van der Waals surface area contributed by atoms with Gasteiger partial charge in [0.05, 0.1) is 12.8 Å². The van der Waals surface area contributed by atoms with Crippen LogP contribution in [0.5, 0.6) is 5.75 Å². The lowest BCUT2D eigenvalue weighted by Gasteiger charge is -2.15. The van der Waals surface area contributed by atoms with Gasteiger partial charge in [-0.1, -0.05) is 24.3 Å². The molecule has 0 spiro atoms. The minimum absolute atomic E-state index is 0.0462. The molecule has 1 heterocycles. The number of ether oxygens (including phenoxy) is 1. The molecule has 2 aromatic rings. The van der Waals surface area contributed by atoms with Gasteiger partial charge in [0.2, 0.25) is 5.91 Å². The van der Waals surface area contributed by atoms with E-state index in [-0.39, 0.29) is 11.9 Å². The molecule has 2 N–H and O–H groups in total. The molecule has 0 saturated carbocycles. The Bertz CT molecular complexity index is 657. The van der Waals surface area contributed by atoms with E-state index in [9.17, 15) is 4.79 Å². The maximum absolute atomic E-state index is 12.4. The van der Waals surface area contributed by atoms with Crippen molar-refractivity contribution < 1.29 is 9.53 Å². The molecule has 4 nitrogen and oxygen atoms in total. The fraction of sp³-hybridized carbons (Fsp3) is 0.235. The van der Waals surface area contributed by atoms with E-state index >= 15 is 0 Å². The molecule has 0 bridgehead atoms. The Balaban J connectivity index is 1.75. The molecule has 0 radical (unpaired) electrons. The number of nitrogens with one attached hydrogen (secondary N) is 2. The Hall–Kier alpha value is -2.49. The van der Waals surface area contributed by atoms with Crippen molar-refractivity contribution in [2.24, 2.45) is 0 Å². The molecule has 21 heavy (non-hydrogen) atoms. The topological polar surface area (TPSA) is 50.4 Å². The number of rotatable bonds is 3. The third-order valence-corrected chi connectivity index (χ3v) is 3.70. The highest BCUT2D eigenvalue weighted by molar-refractivity contribution is 5.99. The molecule has 0 saturated heterocycles. The van der Waals surface area contributed by atoms with Crippen LogP contribution in [0.2, 0.25) is 0 Å². The average Bonchev–Trinajstić information content (AvgIpc) is 2.91. The number of benzene rings is 2. The van der Waals surface area contributed by atoms with E-state index < -0.39 is 0 Å². The molecule has 4 heteroatoms. The number of anilines is 2. The normalized spacial score (nSPS) is 16.0. The zero-order chi connectivity index (χ0) is 14.8. The molecular formula is C17H18N2O2. The lowest BCUT2D eigenvalue weighted by molar-refractivity contribution is -0.116. The fourth-order valence-electron chi connectivity index (χ4n) is 2.60. The summed E-state index contributed by atoms with van der Waals surface area (Å²) in [5.41, 5.74) is 4.00. The van der Waals surface area contributed by atoms with E-state index in [0.717, 1.165) is 11.3 Å². The first-order valence-electron chi connectivity index (χ1n) is 6.97. The number of carbonyl (C=O) groups excluding carboxylic acids is 1. The number of aryl methyl sites for hydroxylation is 1. The van der Waals surface area contributed by atoms with E-state index in [1.165, 1.54) is 5.56 Å². The van der Waals surface area contributed by atoms with Crippen LogP contribution in [-0.2, 0) is 11.2 Å². The minimum atomic E-state index is -0.243. The number of hydrogen-bond donors (Lipinski definition) is 2. The van der Waals surface area contributed by atoms with Crippen LogP contribution >= 0.6 is 0 Å². The van der Waals surface area contributed by atoms with Crippen LogP contribution in [-0.4, -0.2) is 19.1 Å². The molecule has 108 valence electrons. The SMILES string of the molecule is COc1ccc(C)cc1NC(=O)C1Cc2ccccc2N1. The first-order chi connectivity index (χ1) is 10.2. The van der Waals surface area contributed by atoms with Gasteiger partial charge in [-0.05, 0) is 36.2 Å². The van der Waals surface area contributed by atoms with Crippen LogP contribution in [0.25, 0.3) is 0 Å². The van der Waals surface area contributed by atoms with Gasteiger partial charge in [-0.2, -0.15) is 0 Å². The summed E-state index contributed by atoms with van der Waals surface area (Å²) in [7, 11) is 1.60. The second-order valence-electron chi connectivity index (χ2n) is 5.25. The summed E-state index contributed by atoms with van der Waals surface area (Å²) in [6.07, 6.45) is 0.705. The predicted octanol–water partition coefficient (Wildman–Crippen LogP) is 2.98. The fourth-order valence-corrected chi connectivity index (χ4v) is 2.60. The molecular weight excluding hydrogens is 264 g/mol. The van der Waals surface area contributed by atoms with Crippen LogP contribution in [0.3, 0.4) is 0 Å². The molecule has 0 fully saturated rings. The maximum Gasteiger partial charge on any atom is 0.247 e. The number of carbonyl (C=O) groups is 1. The summed E-state index contributed by atoms with van der Waals surface area (Å²) >= 11 is 0. The molecule has 1 aliphatic heterocycles. The predicted molar refractivity (Wildman–Crippen MR) is 83.9 cm³/mol. The minimum Gasteiger partial charge on any atom is -0.495 e. The van der Waals surface area contributed by atoms with Crippen LogP contribution in [0, 0.1) is 6.92 Å². The van der Waals surface area contributed by atoms with Crippen molar-refractivity contribution in [3.8, 4) is 5.75 Å². The second kappa shape index (κ2) is 5.48. The van der Waals surface area contributed by atoms with Crippen LogP contribution < -0.4 is 15.4 Å². The number of amides is 1. The van der Waals surface area contributed by atoms with Crippen LogP contribution in [0.15, 0.2) is 42.5 Å². The van der Waals surface area contributed by atoms with Crippen molar-refractivity contribution in [3.63, 3.8) is 0 Å². The molecule has 1 unspecified atom stereocenters. The molecule has 1 amide bonds. The van der Waals surface area contributed by atoms with Crippen molar-refractivity contribution in [1.29, 1.82) is 0 Å². The Morgan fingerprint density at radius 1 is 1.29 bits per heavy atom. The number of hydrogen-bond acceptors (Lipinski definition) is 3. The van der Waals surface area contributed by atoms with Gasteiger partial charge in [-0.15, -0.1) is 0 Å². The highest BCUT2D eigenvalue weighted by Crippen LogP contribution is 2.28. The molecule has 1 aliphatic rings. The summed E-state index contributed by atoms with van der Waals surface area (Å²) in [6.45, 7) is 1.98. The zero-order valence-corrected chi connectivity index (χ0v) is 12.1. The molecule has 3 rings (SSSR count). The van der Waals surface area contributed by atoms with Crippen molar-refractivity contribution in [2.45, 2.75) is 19.4 Å². The molecule has 1 atom stereocenters. The summed E-state index contributed by atoms with van der Waals surface area (Å²) in [5.74, 6) is 0.625. The van der Waals surface area contributed by atoms with E-state index in [2.05, 4.69) is 10.6 Å². The van der Waals surface area contributed by atoms with Crippen molar-refractivity contribution >= 4 is 17.3 Å². The zero-order valence-electron chi connectivity index (χ0n) is 12.1. The third-order valence-electron chi connectivity index (χ3n) is 3.70. The Kier molecular flexibility index (Phi) is 3.52. The number of fused-ring (bicyclic) bond motifs is 1. The van der Waals surface area contributed by atoms with Crippen molar-refractivity contribution in [1.82, 2.24) is 0 Å². The van der Waals surface area contributed by atoms with E-state index in [1.807, 2.05) is 49.4 Å². The second-order valence-corrected chi connectivity index (χ2v) is 5.25. The van der Waals surface area contributed by atoms with E-state index in [1.54, 1.807) is 7.11 Å². The standard InChI is InChI=1S/C17H18N2O2/c1-11-7-8-16(21-2)14(9-11)19-17(20)15-10-12-5-3-4-6-13(12)18-15/h3-9,15,18H,10H2,1-2H3,(H,19,20). The molecule has 2 aromatic carbocycles. The van der Waals surface area contributed by atoms with Gasteiger partial charge in [-0.25, -0.2) is 0 Å². The summed E-state index contributed by atoms with van der Waals surface area (Å²) in [4.78, 5) is 12.4. The largest absolute Gasteiger partial charge is 0.495 e. The number of methoxy groups -OCH3 is 1. The monoisotopic (exact) mass is 282 g/mol. The number of para-hydroxylation sites is 1. The quantitative estimate of drug-likeness (QED) is 0.910. The van der Waals surface area contributed by atoms with Gasteiger partial charge in [0.1, 0.15) is 11.8 Å². The molecule has 0 aliphatic carbocycles. The van der Waals surface area contributed by atoms with Gasteiger partial charge in [-0.3, -0.25) is 4.79 Å². The van der Waals surface area contributed by atoms with E-state index in [4.69, 9.17) is 4.74 Å². The lowest BCUT2D eigenvalue weighted by atomic mass is 10.1. The molecule has 0 aromatic heterocycles. The Morgan fingerprint density at radius 3 is 2.86 bits per heavy atom. The summed E-state index contributed by atoms with van der Waals surface area (Å²) < 4.78 is 5.29. The van der Waals surface area contributed by atoms with Crippen LogP contribution in [0.1, 0.15) is 11.1 Å².